The molecule has 3 aliphatic rings. The van der Waals surface area contributed by atoms with E-state index in [2.05, 4.69) is 4.93 Å². The van der Waals surface area contributed by atoms with Crippen molar-refractivity contribution in [1.29, 1.82) is 0 Å². The summed E-state index contributed by atoms with van der Waals surface area (Å²) in [5, 5.41) is 0. The van der Waals surface area contributed by atoms with Crippen LogP contribution in [-0.2, 0) is 0 Å². The van der Waals surface area contributed by atoms with Crippen molar-refractivity contribution in [1.82, 2.24) is 0 Å². The molecule has 3 rings (SSSR count). The van der Waals surface area contributed by atoms with Gasteiger partial charge in [0, 0.05) is 0 Å². The zero-order valence-electron chi connectivity index (χ0n) is 7.22. The molecule has 1 saturated heterocycles. The molecular weight excluding hydrogens is 247 g/mol. The first-order valence-electron chi connectivity index (χ1n) is 4.90. The van der Waals surface area contributed by atoms with Crippen LogP contribution in [0.4, 0.5) is 0 Å². The number of hydrogen-bond donors (Lipinski definition) is 0. The van der Waals surface area contributed by atoms with E-state index >= 15 is 0 Å². The summed E-state index contributed by atoms with van der Waals surface area (Å²) in [5.41, 5.74) is 0. The van der Waals surface area contributed by atoms with Gasteiger partial charge in [0.2, 0.25) is 0 Å². The number of alkyl halides is 3. The minimum absolute atomic E-state index is 0.351. The zero-order chi connectivity index (χ0) is 7.42. The molecule has 0 N–H and O–H groups in total. The Hall–Kier alpha value is 0.730. The summed E-state index contributed by atoms with van der Waals surface area (Å²) in [4.78, 5) is 2.64. The summed E-state index contributed by atoms with van der Waals surface area (Å²) >= 11 is -0.351. The van der Waals surface area contributed by atoms with E-state index in [1.165, 1.54) is 21.7 Å². The van der Waals surface area contributed by atoms with E-state index in [4.69, 9.17) is 0 Å². The van der Waals surface area contributed by atoms with Gasteiger partial charge in [0.1, 0.15) is 0 Å². The number of hydrogen-bond acceptors (Lipinski definition) is 0. The summed E-state index contributed by atoms with van der Waals surface area (Å²) in [5.74, 6) is 3.72. The van der Waals surface area contributed by atoms with Crippen LogP contribution in [0.15, 0.2) is 0 Å². The molecule has 4 atom stereocenters. The van der Waals surface area contributed by atoms with Crippen molar-refractivity contribution in [2.45, 2.75) is 29.6 Å². The average molecular weight is 264 g/mol. The molecule has 2 saturated carbocycles. The van der Waals surface area contributed by atoms with Gasteiger partial charge in [-0.3, -0.25) is 0 Å². The van der Waals surface area contributed by atoms with E-state index in [-0.39, 0.29) is 19.8 Å². The molecule has 0 aromatic rings. The van der Waals surface area contributed by atoms with Crippen LogP contribution in [0.25, 0.3) is 0 Å². The zero-order valence-corrected chi connectivity index (χ0v) is 9.38. The Balaban J connectivity index is 1.90. The standard InChI is InChI=1S/C10H17I/c1-11-6-7-5-10(11)9-4-2-3-8(7)9/h7-10H,2-6H2,1H3. The molecule has 1 heterocycles. The molecule has 64 valence electrons. The molecule has 0 aromatic heterocycles. The molecule has 0 aromatic carbocycles. The first kappa shape index (κ1) is 7.16. The minimum atomic E-state index is -0.351. The second kappa shape index (κ2) is 2.36. The molecule has 1 heteroatoms. The molecule has 4 unspecified atom stereocenters. The summed E-state index contributed by atoms with van der Waals surface area (Å²) in [7, 11) is 0. The topological polar surface area (TPSA) is 0 Å². The third-order valence-corrected chi connectivity index (χ3v) is 10.8. The monoisotopic (exact) mass is 264 g/mol. The van der Waals surface area contributed by atoms with Crippen LogP contribution in [0.1, 0.15) is 25.7 Å². The van der Waals surface area contributed by atoms with Crippen LogP contribution in [0, 0.1) is 17.8 Å². The molecule has 0 spiro atoms. The van der Waals surface area contributed by atoms with Crippen molar-refractivity contribution >= 4 is 19.8 Å². The second-order valence-corrected chi connectivity index (χ2v) is 10.7. The van der Waals surface area contributed by atoms with Gasteiger partial charge in [0.15, 0.2) is 0 Å². The first-order valence-corrected chi connectivity index (χ1v) is 9.83. The van der Waals surface area contributed by atoms with E-state index < -0.39 is 0 Å². The van der Waals surface area contributed by atoms with Crippen molar-refractivity contribution < 1.29 is 0 Å². The Morgan fingerprint density at radius 3 is 2.91 bits per heavy atom. The van der Waals surface area contributed by atoms with Crippen molar-refractivity contribution in [2.24, 2.45) is 17.8 Å². The van der Waals surface area contributed by atoms with Gasteiger partial charge < -0.3 is 0 Å². The van der Waals surface area contributed by atoms with Gasteiger partial charge in [0.05, 0.1) is 0 Å². The van der Waals surface area contributed by atoms with Crippen molar-refractivity contribution in [3.63, 3.8) is 0 Å². The second-order valence-electron chi connectivity index (χ2n) is 4.56. The maximum absolute atomic E-state index is 2.64. The first-order chi connectivity index (χ1) is 5.36. The van der Waals surface area contributed by atoms with Crippen molar-refractivity contribution in [3.8, 4) is 0 Å². The van der Waals surface area contributed by atoms with Gasteiger partial charge in [-0.2, -0.15) is 0 Å². The van der Waals surface area contributed by atoms with Gasteiger partial charge in [-0.1, -0.05) is 0 Å². The Morgan fingerprint density at radius 1 is 1.18 bits per heavy atom. The molecule has 0 amide bonds. The van der Waals surface area contributed by atoms with E-state index in [1.807, 2.05) is 0 Å². The summed E-state index contributed by atoms with van der Waals surface area (Å²) in [6.45, 7) is 0. The number of rotatable bonds is 0. The Morgan fingerprint density at radius 2 is 2.00 bits per heavy atom. The van der Waals surface area contributed by atoms with Gasteiger partial charge in [0.25, 0.3) is 0 Å². The number of halogens is 1. The van der Waals surface area contributed by atoms with Crippen molar-refractivity contribution in [2.75, 3.05) is 9.36 Å². The third kappa shape index (κ3) is 0.866. The Bertz CT molecular complexity index is 178. The molecule has 2 aliphatic carbocycles. The van der Waals surface area contributed by atoms with Crippen LogP contribution in [0.5, 0.6) is 0 Å². The molecule has 1 aliphatic heterocycles. The fourth-order valence-corrected chi connectivity index (χ4v) is 11.2. The van der Waals surface area contributed by atoms with Gasteiger partial charge in [-0.25, -0.2) is 0 Å². The van der Waals surface area contributed by atoms with Gasteiger partial charge >= 0.3 is 76.5 Å². The van der Waals surface area contributed by atoms with E-state index in [0.717, 1.165) is 0 Å². The maximum atomic E-state index is 2.64. The van der Waals surface area contributed by atoms with Crippen molar-refractivity contribution in [3.05, 3.63) is 0 Å². The molecule has 2 bridgehead atoms. The predicted molar refractivity (Wildman–Crippen MR) is 57.5 cm³/mol. The number of fused-ring (bicyclic) bond motifs is 5. The van der Waals surface area contributed by atoms with Crippen LogP contribution in [0.2, 0.25) is 0 Å². The van der Waals surface area contributed by atoms with Crippen LogP contribution in [0.3, 0.4) is 0 Å². The Labute approximate surface area is 76.5 Å². The fraction of sp³-hybridized carbons (Fsp3) is 1.00. The molecular formula is C10H17I. The SMILES string of the molecule is CI1CC2CC1C1CCCC21. The molecule has 0 nitrogen and oxygen atoms in total. The molecule has 3 fully saturated rings. The summed E-state index contributed by atoms with van der Waals surface area (Å²) in [6.07, 6.45) is 6.48. The summed E-state index contributed by atoms with van der Waals surface area (Å²) in [6, 6.07) is 0. The van der Waals surface area contributed by atoms with Crippen LogP contribution < -0.4 is 0 Å². The predicted octanol–water partition coefficient (Wildman–Crippen LogP) is 2.94. The molecule has 11 heavy (non-hydrogen) atoms. The van der Waals surface area contributed by atoms with E-state index in [0.29, 0.717) is 0 Å². The van der Waals surface area contributed by atoms with E-state index in [9.17, 15) is 0 Å². The quantitative estimate of drug-likeness (QED) is 0.466. The normalized spacial score (nSPS) is 57.0. The average Bonchev–Trinajstić information content (AvgIpc) is 2.52. The summed E-state index contributed by atoms with van der Waals surface area (Å²) < 4.78 is 3.05. The molecule has 0 radical (unpaired) electrons. The van der Waals surface area contributed by atoms with E-state index in [1.54, 1.807) is 30.1 Å². The fourth-order valence-electron chi connectivity index (χ4n) is 3.72. The Kier molecular flexibility index (Phi) is 1.54. The van der Waals surface area contributed by atoms with Crippen LogP contribution in [-0.4, -0.2) is 13.3 Å². The van der Waals surface area contributed by atoms with Gasteiger partial charge in [-0.05, 0) is 0 Å². The van der Waals surface area contributed by atoms with Gasteiger partial charge in [-0.15, -0.1) is 0 Å². The third-order valence-electron chi connectivity index (χ3n) is 4.14. The van der Waals surface area contributed by atoms with Crippen LogP contribution >= 0.6 is 19.8 Å².